The SMILES string of the molecule is CC(C)c1ccc(OCC(C)(C)C)cc1. The predicted molar refractivity (Wildman–Crippen MR) is 65.5 cm³/mol. The van der Waals surface area contributed by atoms with Gasteiger partial charge < -0.3 is 4.74 Å². The van der Waals surface area contributed by atoms with Crippen LogP contribution in [0.25, 0.3) is 0 Å². The van der Waals surface area contributed by atoms with Crippen LogP contribution in [0.2, 0.25) is 0 Å². The topological polar surface area (TPSA) is 9.23 Å². The quantitative estimate of drug-likeness (QED) is 0.719. The van der Waals surface area contributed by atoms with E-state index in [4.69, 9.17) is 4.74 Å². The molecule has 15 heavy (non-hydrogen) atoms. The van der Waals surface area contributed by atoms with Gasteiger partial charge in [-0.15, -0.1) is 0 Å². The third-order valence-electron chi connectivity index (χ3n) is 2.22. The highest BCUT2D eigenvalue weighted by atomic mass is 16.5. The van der Waals surface area contributed by atoms with Crippen LogP contribution in [0, 0.1) is 5.41 Å². The van der Waals surface area contributed by atoms with Crippen LogP contribution in [0.1, 0.15) is 46.1 Å². The molecule has 0 spiro atoms. The highest BCUT2D eigenvalue weighted by Gasteiger charge is 2.10. The van der Waals surface area contributed by atoms with E-state index in [0.29, 0.717) is 5.92 Å². The van der Waals surface area contributed by atoms with E-state index < -0.39 is 0 Å². The van der Waals surface area contributed by atoms with Crippen LogP contribution >= 0.6 is 0 Å². The third kappa shape index (κ3) is 4.37. The highest BCUT2D eigenvalue weighted by molar-refractivity contribution is 5.28. The molecular formula is C14H22O. The monoisotopic (exact) mass is 206 g/mol. The maximum atomic E-state index is 5.71. The van der Waals surface area contributed by atoms with Crippen LogP contribution in [-0.4, -0.2) is 6.61 Å². The molecule has 1 nitrogen and oxygen atoms in total. The summed E-state index contributed by atoms with van der Waals surface area (Å²) < 4.78 is 5.71. The number of ether oxygens (including phenoxy) is 1. The van der Waals surface area contributed by atoms with E-state index in [-0.39, 0.29) is 5.41 Å². The van der Waals surface area contributed by atoms with Gasteiger partial charge in [-0.05, 0) is 29.0 Å². The summed E-state index contributed by atoms with van der Waals surface area (Å²) in [6.07, 6.45) is 0. The fourth-order valence-corrected chi connectivity index (χ4v) is 1.25. The lowest BCUT2D eigenvalue weighted by Gasteiger charge is -2.19. The van der Waals surface area contributed by atoms with Gasteiger partial charge in [0.1, 0.15) is 5.75 Å². The molecule has 0 heterocycles. The molecule has 0 aromatic heterocycles. The smallest absolute Gasteiger partial charge is 0.119 e. The molecular weight excluding hydrogens is 184 g/mol. The fraction of sp³-hybridized carbons (Fsp3) is 0.571. The van der Waals surface area contributed by atoms with Crippen molar-refractivity contribution in [2.24, 2.45) is 5.41 Å². The Balaban J connectivity index is 2.57. The molecule has 0 aliphatic carbocycles. The summed E-state index contributed by atoms with van der Waals surface area (Å²) in [6, 6.07) is 8.40. The summed E-state index contributed by atoms with van der Waals surface area (Å²) in [5.41, 5.74) is 1.58. The van der Waals surface area contributed by atoms with E-state index in [1.165, 1.54) is 5.56 Å². The third-order valence-corrected chi connectivity index (χ3v) is 2.22. The van der Waals surface area contributed by atoms with E-state index in [9.17, 15) is 0 Å². The standard InChI is InChI=1S/C14H22O/c1-11(2)12-6-8-13(9-7-12)15-10-14(3,4)5/h6-9,11H,10H2,1-5H3. The highest BCUT2D eigenvalue weighted by Crippen LogP contribution is 2.21. The van der Waals surface area contributed by atoms with Crippen molar-refractivity contribution in [2.45, 2.75) is 40.5 Å². The van der Waals surface area contributed by atoms with Gasteiger partial charge >= 0.3 is 0 Å². The van der Waals surface area contributed by atoms with Crippen LogP contribution in [0.15, 0.2) is 24.3 Å². The Morgan fingerprint density at radius 1 is 1.07 bits per heavy atom. The predicted octanol–water partition coefficient (Wildman–Crippen LogP) is 4.23. The molecule has 1 aromatic carbocycles. The van der Waals surface area contributed by atoms with Gasteiger partial charge in [0.15, 0.2) is 0 Å². The van der Waals surface area contributed by atoms with Crippen molar-refractivity contribution >= 4 is 0 Å². The van der Waals surface area contributed by atoms with Gasteiger partial charge in [-0.2, -0.15) is 0 Å². The normalized spacial score (nSPS) is 11.9. The van der Waals surface area contributed by atoms with Crippen molar-refractivity contribution in [1.29, 1.82) is 0 Å². The maximum Gasteiger partial charge on any atom is 0.119 e. The molecule has 0 saturated carbocycles. The Kier molecular flexibility index (Phi) is 3.78. The molecule has 0 unspecified atom stereocenters. The van der Waals surface area contributed by atoms with E-state index in [1.807, 2.05) is 0 Å². The first-order chi connectivity index (χ1) is 6.88. The minimum Gasteiger partial charge on any atom is -0.493 e. The number of hydrogen-bond donors (Lipinski definition) is 0. The lowest BCUT2D eigenvalue weighted by Crippen LogP contribution is -2.16. The zero-order valence-electron chi connectivity index (χ0n) is 10.5. The first-order valence-corrected chi connectivity index (χ1v) is 5.61. The first kappa shape index (κ1) is 12.1. The molecule has 0 aliphatic rings. The van der Waals surface area contributed by atoms with E-state index in [0.717, 1.165) is 12.4 Å². The molecule has 0 radical (unpaired) electrons. The average Bonchev–Trinajstić information content (AvgIpc) is 2.14. The second-order valence-corrected chi connectivity index (χ2v) is 5.57. The first-order valence-electron chi connectivity index (χ1n) is 5.61. The Morgan fingerprint density at radius 3 is 2.00 bits per heavy atom. The summed E-state index contributed by atoms with van der Waals surface area (Å²) in [4.78, 5) is 0. The van der Waals surface area contributed by atoms with Crippen LogP contribution in [0.5, 0.6) is 5.75 Å². The minimum atomic E-state index is 0.219. The largest absolute Gasteiger partial charge is 0.493 e. The lowest BCUT2D eigenvalue weighted by molar-refractivity contribution is 0.198. The summed E-state index contributed by atoms with van der Waals surface area (Å²) in [5, 5.41) is 0. The molecule has 0 amide bonds. The second-order valence-electron chi connectivity index (χ2n) is 5.57. The van der Waals surface area contributed by atoms with Crippen molar-refractivity contribution in [1.82, 2.24) is 0 Å². The van der Waals surface area contributed by atoms with Crippen LogP contribution in [-0.2, 0) is 0 Å². The van der Waals surface area contributed by atoms with Crippen molar-refractivity contribution in [3.63, 3.8) is 0 Å². The molecule has 0 saturated heterocycles. The number of rotatable bonds is 3. The minimum absolute atomic E-state index is 0.219. The molecule has 1 rings (SSSR count). The zero-order valence-corrected chi connectivity index (χ0v) is 10.5. The Labute approximate surface area is 93.5 Å². The van der Waals surface area contributed by atoms with Gasteiger partial charge in [0, 0.05) is 0 Å². The molecule has 0 fully saturated rings. The van der Waals surface area contributed by atoms with Gasteiger partial charge in [0.25, 0.3) is 0 Å². The number of benzene rings is 1. The van der Waals surface area contributed by atoms with E-state index >= 15 is 0 Å². The van der Waals surface area contributed by atoms with Crippen LogP contribution in [0.3, 0.4) is 0 Å². The maximum absolute atomic E-state index is 5.71. The Bertz CT molecular complexity index is 290. The van der Waals surface area contributed by atoms with E-state index in [1.54, 1.807) is 0 Å². The van der Waals surface area contributed by atoms with Crippen LogP contribution < -0.4 is 4.74 Å². The van der Waals surface area contributed by atoms with Gasteiger partial charge in [-0.3, -0.25) is 0 Å². The van der Waals surface area contributed by atoms with Gasteiger partial charge in [-0.25, -0.2) is 0 Å². The lowest BCUT2D eigenvalue weighted by atomic mass is 9.98. The Hall–Kier alpha value is -0.980. The van der Waals surface area contributed by atoms with E-state index in [2.05, 4.69) is 58.9 Å². The molecule has 0 N–H and O–H groups in total. The van der Waals surface area contributed by atoms with Crippen LogP contribution in [0.4, 0.5) is 0 Å². The van der Waals surface area contributed by atoms with Crippen molar-refractivity contribution in [3.8, 4) is 5.75 Å². The summed E-state index contributed by atoms with van der Waals surface area (Å²) >= 11 is 0. The summed E-state index contributed by atoms with van der Waals surface area (Å²) in [5.74, 6) is 1.55. The molecule has 1 heteroatoms. The number of hydrogen-bond acceptors (Lipinski definition) is 1. The molecule has 84 valence electrons. The van der Waals surface area contributed by atoms with Crippen molar-refractivity contribution in [3.05, 3.63) is 29.8 Å². The van der Waals surface area contributed by atoms with Crippen molar-refractivity contribution < 1.29 is 4.74 Å². The van der Waals surface area contributed by atoms with Crippen molar-refractivity contribution in [2.75, 3.05) is 6.61 Å². The molecule has 0 aliphatic heterocycles. The average molecular weight is 206 g/mol. The Morgan fingerprint density at radius 2 is 1.60 bits per heavy atom. The van der Waals surface area contributed by atoms with Gasteiger partial charge in [0.2, 0.25) is 0 Å². The summed E-state index contributed by atoms with van der Waals surface area (Å²) in [7, 11) is 0. The molecule has 0 atom stereocenters. The molecule has 0 bridgehead atoms. The van der Waals surface area contributed by atoms with Gasteiger partial charge in [-0.1, -0.05) is 46.8 Å². The fourth-order valence-electron chi connectivity index (χ4n) is 1.25. The second kappa shape index (κ2) is 4.69. The summed E-state index contributed by atoms with van der Waals surface area (Å²) in [6.45, 7) is 11.7. The zero-order chi connectivity index (χ0) is 11.5. The van der Waals surface area contributed by atoms with Gasteiger partial charge in [0.05, 0.1) is 6.61 Å². The molecule has 1 aromatic rings.